The largest absolute Gasteiger partial charge is 0.348 e. The SMILES string of the molecule is CCn1ccnc1NC(c1cccs1)C(C)C. The molecule has 0 spiro atoms. The molecule has 0 aromatic carbocycles. The van der Waals surface area contributed by atoms with Crippen LogP contribution in [0.3, 0.4) is 0 Å². The van der Waals surface area contributed by atoms with Crippen molar-refractivity contribution in [3.63, 3.8) is 0 Å². The molecule has 1 atom stereocenters. The van der Waals surface area contributed by atoms with Crippen molar-refractivity contribution >= 4 is 17.3 Å². The van der Waals surface area contributed by atoms with Gasteiger partial charge in [-0.2, -0.15) is 0 Å². The van der Waals surface area contributed by atoms with Crippen LogP contribution in [-0.4, -0.2) is 9.55 Å². The van der Waals surface area contributed by atoms with Gasteiger partial charge in [-0.05, 0) is 24.3 Å². The summed E-state index contributed by atoms with van der Waals surface area (Å²) in [6, 6.07) is 4.62. The van der Waals surface area contributed by atoms with Crippen molar-refractivity contribution in [2.24, 2.45) is 5.92 Å². The zero-order valence-electron chi connectivity index (χ0n) is 10.6. The smallest absolute Gasteiger partial charge is 0.203 e. The third-order valence-corrected chi connectivity index (χ3v) is 3.81. The van der Waals surface area contributed by atoms with Gasteiger partial charge in [0, 0.05) is 23.8 Å². The molecule has 0 saturated carbocycles. The van der Waals surface area contributed by atoms with Crippen molar-refractivity contribution in [1.82, 2.24) is 9.55 Å². The Labute approximate surface area is 107 Å². The first kappa shape index (κ1) is 12.2. The Kier molecular flexibility index (Phi) is 3.84. The lowest BCUT2D eigenvalue weighted by Gasteiger charge is -2.22. The highest BCUT2D eigenvalue weighted by atomic mass is 32.1. The second-order valence-electron chi connectivity index (χ2n) is 4.42. The monoisotopic (exact) mass is 249 g/mol. The van der Waals surface area contributed by atoms with E-state index in [-0.39, 0.29) is 0 Å². The maximum Gasteiger partial charge on any atom is 0.203 e. The summed E-state index contributed by atoms with van der Waals surface area (Å²) in [6.45, 7) is 7.53. The molecule has 1 N–H and O–H groups in total. The van der Waals surface area contributed by atoms with E-state index >= 15 is 0 Å². The van der Waals surface area contributed by atoms with Gasteiger partial charge in [0.1, 0.15) is 0 Å². The minimum atomic E-state index is 0.336. The average molecular weight is 249 g/mol. The summed E-state index contributed by atoms with van der Waals surface area (Å²) in [5, 5.41) is 5.67. The van der Waals surface area contributed by atoms with Crippen LogP contribution in [0.5, 0.6) is 0 Å². The number of imidazole rings is 1. The molecule has 4 heteroatoms. The fourth-order valence-corrected chi connectivity index (χ4v) is 2.83. The van der Waals surface area contributed by atoms with E-state index in [4.69, 9.17) is 0 Å². The Balaban J connectivity index is 2.19. The van der Waals surface area contributed by atoms with Gasteiger partial charge in [0.25, 0.3) is 0 Å². The number of thiophene rings is 1. The van der Waals surface area contributed by atoms with Gasteiger partial charge in [-0.25, -0.2) is 4.98 Å². The summed E-state index contributed by atoms with van der Waals surface area (Å²) in [5.41, 5.74) is 0. The van der Waals surface area contributed by atoms with Crippen LogP contribution in [-0.2, 0) is 6.54 Å². The first-order chi connectivity index (χ1) is 8.22. The number of nitrogens with zero attached hydrogens (tertiary/aromatic N) is 2. The Bertz CT molecular complexity index is 445. The summed E-state index contributed by atoms with van der Waals surface area (Å²) < 4.78 is 2.13. The van der Waals surface area contributed by atoms with Crippen LogP contribution < -0.4 is 5.32 Å². The van der Waals surface area contributed by atoms with Crippen molar-refractivity contribution in [2.75, 3.05) is 5.32 Å². The highest BCUT2D eigenvalue weighted by Crippen LogP contribution is 2.29. The van der Waals surface area contributed by atoms with E-state index in [0.717, 1.165) is 12.5 Å². The Hall–Kier alpha value is -1.29. The van der Waals surface area contributed by atoms with E-state index < -0.39 is 0 Å². The summed E-state index contributed by atoms with van der Waals surface area (Å²) in [4.78, 5) is 5.74. The van der Waals surface area contributed by atoms with Crippen LogP contribution in [0, 0.1) is 5.92 Å². The summed E-state index contributed by atoms with van der Waals surface area (Å²) in [6.07, 6.45) is 3.85. The number of rotatable bonds is 5. The van der Waals surface area contributed by atoms with E-state index in [1.165, 1.54) is 4.88 Å². The maximum atomic E-state index is 4.38. The molecule has 2 heterocycles. The van der Waals surface area contributed by atoms with Crippen molar-refractivity contribution < 1.29 is 0 Å². The summed E-state index contributed by atoms with van der Waals surface area (Å²) >= 11 is 1.80. The number of anilines is 1. The van der Waals surface area contributed by atoms with E-state index in [1.807, 2.05) is 12.4 Å². The van der Waals surface area contributed by atoms with E-state index in [9.17, 15) is 0 Å². The highest BCUT2D eigenvalue weighted by molar-refractivity contribution is 7.10. The van der Waals surface area contributed by atoms with Crippen LogP contribution in [0.15, 0.2) is 29.9 Å². The molecular formula is C13H19N3S. The molecule has 0 fully saturated rings. The molecule has 0 radical (unpaired) electrons. The van der Waals surface area contributed by atoms with Crippen molar-refractivity contribution in [3.8, 4) is 0 Å². The Morgan fingerprint density at radius 1 is 1.47 bits per heavy atom. The molecule has 0 aliphatic carbocycles. The van der Waals surface area contributed by atoms with Gasteiger partial charge in [0.2, 0.25) is 5.95 Å². The standard InChI is InChI=1S/C13H19N3S/c1-4-16-8-7-14-13(16)15-12(10(2)3)11-6-5-9-17-11/h5-10,12H,4H2,1-3H3,(H,14,15). The van der Waals surface area contributed by atoms with Crippen LogP contribution >= 0.6 is 11.3 Å². The predicted molar refractivity (Wildman–Crippen MR) is 73.4 cm³/mol. The maximum absolute atomic E-state index is 4.38. The minimum absolute atomic E-state index is 0.336. The third-order valence-electron chi connectivity index (χ3n) is 2.86. The second kappa shape index (κ2) is 5.36. The van der Waals surface area contributed by atoms with E-state index in [0.29, 0.717) is 12.0 Å². The zero-order chi connectivity index (χ0) is 12.3. The van der Waals surface area contributed by atoms with Gasteiger partial charge in [-0.1, -0.05) is 19.9 Å². The molecule has 2 aromatic rings. The van der Waals surface area contributed by atoms with E-state index in [1.54, 1.807) is 11.3 Å². The first-order valence-corrected chi connectivity index (χ1v) is 6.91. The molecule has 0 amide bonds. The van der Waals surface area contributed by atoms with Gasteiger partial charge in [0.15, 0.2) is 0 Å². The van der Waals surface area contributed by atoms with Crippen LogP contribution in [0.1, 0.15) is 31.7 Å². The summed E-state index contributed by atoms with van der Waals surface area (Å²) in [5.74, 6) is 1.50. The molecule has 1 unspecified atom stereocenters. The Morgan fingerprint density at radius 2 is 2.29 bits per heavy atom. The topological polar surface area (TPSA) is 29.9 Å². The van der Waals surface area contributed by atoms with Crippen LogP contribution in [0.2, 0.25) is 0 Å². The quantitative estimate of drug-likeness (QED) is 0.874. The number of aromatic nitrogens is 2. The molecule has 17 heavy (non-hydrogen) atoms. The van der Waals surface area contributed by atoms with Gasteiger partial charge in [-0.15, -0.1) is 11.3 Å². The lowest BCUT2D eigenvalue weighted by Crippen LogP contribution is -2.18. The number of hydrogen-bond acceptors (Lipinski definition) is 3. The first-order valence-electron chi connectivity index (χ1n) is 6.03. The summed E-state index contributed by atoms with van der Waals surface area (Å²) in [7, 11) is 0. The van der Waals surface area contributed by atoms with Gasteiger partial charge >= 0.3 is 0 Å². The number of hydrogen-bond donors (Lipinski definition) is 1. The molecule has 0 bridgehead atoms. The van der Waals surface area contributed by atoms with Crippen molar-refractivity contribution in [2.45, 2.75) is 33.4 Å². The van der Waals surface area contributed by atoms with Gasteiger partial charge in [0.05, 0.1) is 6.04 Å². The molecule has 0 saturated heterocycles. The molecule has 0 aliphatic rings. The molecule has 92 valence electrons. The molecule has 0 aliphatic heterocycles. The fourth-order valence-electron chi connectivity index (χ4n) is 1.88. The lowest BCUT2D eigenvalue weighted by molar-refractivity contribution is 0.545. The van der Waals surface area contributed by atoms with Crippen molar-refractivity contribution in [1.29, 1.82) is 0 Å². The highest BCUT2D eigenvalue weighted by Gasteiger charge is 2.18. The van der Waals surface area contributed by atoms with E-state index in [2.05, 4.69) is 53.2 Å². The lowest BCUT2D eigenvalue weighted by atomic mass is 10.0. The second-order valence-corrected chi connectivity index (χ2v) is 5.40. The molecule has 3 nitrogen and oxygen atoms in total. The zero-order valence-corrected chi connectivity index (χ0v) is 11.4. The number of nitrogens with one attached hydrogen (secondary N) is 1. The van der Waals surface area contributed by atoms with Gasteiger partial charge in [-0.3, -0.25) is 0 Å². The molecule has 2 rings (SSSR count). The molecule has 2 aromatic heterocycles. The van der Waals surface area contributed by atoms with Crippen molar-refractivity contribution in [3.05, 3.63) is 34.8 Å². The third kappa shape index (κ3) is 2.69. The fraction of sp³-hybridized carbons (Fsp3) is 0.462. The minimum Gasteiger partial charge on any atom is -0.348 e. The normalized spacial score (nSPS) is 12.9. The van der Waals surface area contributed by atoms with Crippen LogP contribution in [0.4, 0.5) is 5.95 Å². The molecular weight excluding hydrogens is 230 g/mol. The van der Waals surface area contributed by atoms with Crippen LogP contribution in [0.25, 0.3) is 0 Å². The number of aryl methyl sites for hydroxylation is 1. The Morgan fingerprint density at radius 3 is 2.88 bits per heavy atom. The average Bonchev–Trinajstić information content (AvgIpc) is 2.96. The van der Waals surface area contributed by atoms with Gasteiger partial charge < -0.3 is 9.88 Å². The predicted octanol–water partition coefficient (Wildman–Crippen LogP) is 3.77.